The van der Waals surface area contributed by atoms with Crippen LogP contribution in [0.3, 0.4) is 0 Å². The lowest BCUT2D eigenvalue weighted by Crippen LogP contribution is -2.40. The number of likely N-dealkylation sites (tertiary alicyclic amines) is 2. The lowest BCUT2D eigenvalue weighted by Gasteiger charge is -2.29. The molecule has 1 aromatic carbocycles. The Morgan fingerprint density at radius 3 is 2.69 bits per heavy atom. The lowest BCUT2D eigenvalue weighted by molar-refractivity contribution is -0.135. The quantitative estimate of drug-likeness (QED) is 0.762. The van der Waals surface area contributed by atoms with Crippen LogP contribution < -0.4 is 0 Å². The maximum atomic E-state index is 12.8. The first kappa shape index (κ1) is 19.6. The van der Waals surface area contributed by atoms with Crippen molar-refractivity contribution in [3.63, 3.8) is 0 Å². The monoisotopic (exact) mass is 397 g/mol. The fraction of sp³-hybridized carbons (Fsp3) is 0.524. The van der Waals surface area contributed by atoms with E-state index in [4.69, 9.17) is 4.74 Å². The number of nitrogens with one attached hydrogen (secondary N) is 1. The van der Waals surface area contributed by atoms with Crippen molar-refractivity contribution in [2.75, 3.05) is 39.4 Å². The number of aromatic amines is 1. The van der Waals surface area contributed by atoms with Gasteiger partial charge in [0.15, 0.2) is 5.69 Å². The Kier molecular flexibility index (Phi) is 5.62. The minimum atomic E-state index is -0.100. The molecule has 2 aliphatic rings. The van der Waals surface area contributed by atoms with Gasteiger partial charge >= 0.3 is 0 Å². The van der Waals surface area contributed by atoms with Crippen LogP contribution >= 0.6 is 0 Å². The molecule has 2 aromatic rings. The van der Waals surface area contributed by atoms with Crippen LogP contribution in [0.2, 0.25) is 0 Å². The molecule has 0 saturated carbocycles. The van der Waals surface area contributed by atoms with E-state index in [1.807, 2.05) is 34.9 Å². The van der Waals surface area contributed by atoms with E-state index in [-0.39, 0.29) is 29.8 Å². The van der Waals surface area contributed by atoms with Gasteiger partial charge in [-0.3, -0.25) is 9.59 Å². The number of carbonyl (C=O) groups excluding carboxylic acids is 2. The molecule has 0 spiro atoms. The van der Waals surface area contributed by atoms with Crippen LogP contribution in [-0.2, 0) is 16.0 Å². The summed E-state index contributed by atoms with van der Waals surface area (Å²) < 4.78 is 5.33. The Balaban J connectivity index is 1.50. The molecule has 0 aliphatic carbocycles. The van der Waals surface area contributed by atoms with Gasteiger partial charge in [-0.1, -0.05) is 30.3 Å². The molecule has 2 aliphatic heterocycles. The Morgan fingerprint density at radius 1 is 1.21 bits per heavy atom. The van der Waals surface area contributed by atoms with Crippen molar-refractivity contribution in [2.24, 2.45) is 11.3 Å². The third-order valence-electron chi connectivity index (χ3n) is 6.22. The van der Waals surface area contributed by atoms with E-state index in [2.05, 4.69) is 27.5 Å². The van der Waals surface area contributed by atoms with E-state index in [0.29, 0.717) is 38.5 Å². The molecule has 3 heterocycles. The van der Waals surface area contributed by atoms with Gasteiger partial charge in [-0.05, 0) is 25.3 Å². The van der Waals surface area contributed by atoms with Gasteiger partial charge < -0.3 is 14.5 Å². The minimum absolute atomic E-state index is 0.0368. The average molecular weight is 397 g/mol. The standard InChI is InChI=1S/C21H27N5O3/c1-2-29-13-19(27)25-11-17-12-26(20(28)18-10-22-24-23-18)15-21(17,14-25)9-8-16-6-4-3-5-7-16/h3-7,10,17H,2,8-9,11-15H2,1H3,(H,22,23,24). The third-order valence-corrected chi connectivity index (χ3v) is 6.22. The molecule has 8 heteroatoms. The number of aryl methyl sites for hydroxylation is 1. The molecule has 154 valence electrons. The highest BCUT2D eigenvalue weighted by Crippen LogP contribution is 2.46. The Hall–Kier alpha value is -2.74. The summed E-state index contributed by atoms with van der Waals surface area (Å²) >= 11 is 0. The number of H-pyrrole nitrogens is 1. The van der Waals surface area contributed by atoms with Gasteiger partial charge in [-0.2, -0.15) is 15.4 Å². The smallest absolute Gasteiger partial charge is 0.276 e. The van der Waals surface area contributed by atoms with E-state index in [0.717, 1.165) is 12.8 Å². The molecule has 1 aromatic heterocycles. The van der Waals surface area contributed by atoms with Crippen molar-refractivity contribution in [3.8, 4) is 0 Å². The molecule has 2 saturated heterocycles. The summed E-state index contributed by atoms with van der Waals surface area (Å²) in [5.41, 5.74) is 1.52. The largest absolute Gasteiger partial charge is 0.372 e. The van der Waals surface area contributed by atoms with Crippen molar-refractivity contribution in [2.45, 2.75) is 19.8 Å². The zero-order chi connectivity index (χ0) is 20.3. The molecule has 0 bridgehead atoms. The highest BCUT2D eigenvalue weighted by molar-refractivity contribution is 5.92. The fourth-order valence-corrected chi connectivity index (χ4v) is 4.67. The number of hydrogen-bond acceptors (Lipinski definition) is 5. The molecule has 0 radical (unpaired) electrons. The van der Waals surface area contributed by atoms with Crippen LogP contribution in [0, 0.1) is 11.3 Å². The Bertz CT molecular complexity index is 841. The lowest BCUT2D eigenvalue weighted by atomic mass is 9.76. The van der Waals surface area contributed by atoms with Crippen molar-refractivity contribution < 1.29 is 14.3 Å². The Labute approximate surface area is 170 Å². The molecular formula is C21H27N5O3. The molecule has 2 unspecified atom stereocenters. The number of carbonyl (C=O) groups is 2. The maximum absolute atomic E-state index is 12.8. The van der Waals surface area contributed by atoms with Crippen LogP contribution in [0.1, 0.15) is 29.4 Å². The maximum Gasteiger partial charge on any atom is 0.276 e. The topological polar surface area (TPSA) is 91.4 Å². The molecule has 1 N–H and O–H groups in total. The highest BCUT2D eigenvalue weighted by atomic mass is 16.5. The van der Waals surface area contributed by atoms with Gasteiger partial charge in [0.25, 0.3) is 5.91 Å². The van der Waals surface area contributed by atoms with Gasteiger partial charge in [-0.25, -0.2) is 0 Å². The normalized spacial score (nSPS) is 23.4. The summed E-state index contributed by atoms with van der Waals surface area (Å²) in [5, 5.41) is 10.2. The van der Waals surface area contributed by atoms with Gasteiger partial charge in [0.1, 0.15) is 6.61 Å². The first-order valence-corrected chi connectivity index (χ1v) is 10.2. The average Bonchev–Trinajstić information content (AvgIpc) is 3.45. The molecule has 4 rings (SSSR count). The van der Waals surface area contributed by atoms with Gasteiger partial charge in [0.2, 0.25) is 5.91 Å². The number of fused-ring (bicyclic) bond motifs is 1. The van der Waals surface area contributed by atoms with E-state index in [9.17, 15) is 9.59 Å². The molecule has 2 amide bonds. The van der Waals surface area contributed by atoms with Crippen LogP contribution in [0.15, 0.2) is 36.5 Å². The first-order valence-electron chi connectivity index (χ1n) is 10.2. The zero-order valence-corrected chi connectivity index (χ0v) is 16.7. The predicted octanol–water partition coefficient (Wildman–Crippen LogP) is 1.37. The molecule has 8 nitrogen and oxygen atoms in total. The Morgan fingerprint density at radius 2 is 1.97 bits per heavy atom. The van der Waals surface area contributed by atoms with E-state index in [1.54, 1.807) is 0 Å². The van der Waals surface area contributed by atoms with Gasteiger partial charge in [0, 0.05) is 44.1 Å². The van der Waals surface area contributed by atoms with E-state index < -0.39 is 0 Å². The summed E-state index contributed by atoms with van der Waals surface area (Å²) in [5.74, 6) is 0.196. The summed E-state index contributed by atoms with van der Waals surface area (Å²) in [6.45, 7) is 5.15. The van der Waals surface area contributed by atoms with Crippen LogP contribution in [-0.4, -0.2) is 76.4 Å². The second kappa shape index (κ2) is 8.32. The summed E-state index contributed by atoms with van der Waals surface area (Å²) in [6.07, 6.45) is 3.32. The van der Waals surface area contributed by atoms with Crippen molar-refractivity contribution in [3.05, 3.63) is 47.8 Å². The predicted molar refractivity (Wildman–Crippen MR) is 106 cm³/mol. The number of rotatable bonds is 7. The molecule has 29 heavy (non-hydrogen) atoms. The van der Waals surface area contributed by atoms with Crippen LogP contribution in [0.25, 0.3) is 0 Å². The van der Waals surface area contributed by atoms with Crippen LogP contribution in [0.5, 0.6) is 0 Å². The first-order chi connectivity index (χ1) is 14.1. The fourth-order valence-electron chi connectivity index (χ4n) is 4.67. The number of benzene rings is 1. The molecular weight excluding hydrogens is 370 g/mol. The second-order valence-electron chi connectivity index (χ2n) is 8.00. The number of amides is 2. The second-order valence-corrected chi connectivity index (χ2v) is 8.00. The molecule has 2 fully saturated rings. The van der Waals surface area contributed by atoms with E-state index in [1.165, 1.54) is 11.8 Å². The number of ether oxygens (including phenoxy) is 1. The van der Waals surface area contributed by atoms with Crippen LogP contribution in [0.4, 0.5) is 0 Å². The van der Waals surface area contributed by atoms with Crippen molar-refractivity contribution >= 4 is 11.8 Å². The van der Waals surface area contributed by atoms with Gasteiger partial charge in [0.05, 0.1) is 6.20 Å². The van der Waals surface area contributed by atoms with E-state index >= 15 is 0 Å². The minimum Gasteiger partial charge on any atom is -0.372 e. The van der Waals surface area contributed by atoms with Crippen molar-refractivity contribution in [1.29, 1.82) is 0 Å². The zero-order valence-electron chi connectivity index (χ0n) is 16.7. The number of hydrogen-bond donors (Lipinski definition) is 1. The molecule has 2 atom stereocenters. The van der Waals surface area contributed by atoms with Gasteiger partial charge in [-0.15, -0.1) is 0 Å². The number of nitrogens with zero attached hydrogens (tertiary/aromatic N) is 4. The summed E-state index contributed by atoms with van der Waals surface area (Å²) in [4.78, 5) is 29.2. The van der Waals surface area contributed by atoms with Crippen molar-refractivity contribution in [1.82, 2.24) is 25.2 Å². The summed E-state index contributed by atoms with van der Waals surface area (Å²) in [6, 6.07) is 10.4. The SMILES string of the molecule is CCOCC(=O)N1CC2CN(C(=O)c3cn[nH]n3)CC2(CCc2ccccc2)C1. The summed E-state index contributed by atoms with van der Waals surface area (Å²) in [7, 11) is 0. The highest BCUT2D eigenvalue weighted by Gasteiger charge is 2.54. The number of aromatic nitrogens is 3. The third kappa shape index (κ3) is 4.03.